The predicted octanol–water partition coefficient (Wildman–Crippen LogP) is 2.23. The second-order valence-corrected chi connectivity index (χ2v) is 8.03. The molecule has 2 aliphatic rings. The van der Waals surface area contributed by atoms with Gasteiger partial charge < -0.3 is 24.0 Å². The summed E-state index contributed by atoms with van der Waals surface area (Å²) in [5.74, 6) is -0.603. The van der Waals surface area contributed by atoms with Crippen molar-refractivity contribution in [3.05, 3.63) is 54.1 Å². The van der Waals surface area contributed by atoms with Crippen LogP contribution in [0.15, 0.2) is 53.5 Å². The molecule has 9 nitrogen and oxygen atoms in total. The molecule has 0 saturated carbocycles. The third-order valence-electron chi connectivity index (χ3n) is 6.09. The zero-order chi connectivity index (χ0) is 24.1. The second kappa shape index (κ2) is 10.5. The van der Waals surface area contributed by atoms with Gasteiger partial charge in [-0.3, -0.25) is 14.9 Å². The summed E-state index contributed by atoms with van der Waals surface area (Å²) in [5, 5.41) is 2.84. The fourth-order valence-electron chi connectivity index (χ4n) is 4.33. The van der Waals surface area contributed by atoms with Gasteiger partial charge in [0.05, 0.1) is 20.8 Å². The topological polar surface area (TPSA) is 92.7 Å². The predicted molar refractivity (Wildman–Crippen MR) is 128 cm³/mol. The zero-order valence-electron chi connectivity index (χ0n) is 19.7. The highest BCUT2D eigenvalue weighted by molar-refractivity contribution is 6.08. The first kappa shape index (κ1) is 23.4. The molecule has 4 rings (SSSR count). The van der Waals surface area contributed by atoms with Gasteiger partial charge in [-0.2, -0.15) is 0 Å². The lowest BCUT2D eigenvalue weighted by molar-refractivity contribution is -0.153. The van der Waals surface area contributed by atoms with Gasteiger partial charge in [0.15, 0.2) is 5.92 Å². The van der Waals surface area contributed by atoms with Gasteiger partial charge in [0.1, 0.15) is 17.5 Å². The summed E-state index contributed by atoms with van der Waals surface area (Å²) in [7, 11) is 3.10. The van der Waals surface area contributed by atoms with Crippen LogP contribution < -0.4 is 19.7 Å². The molecule has 0 aliphatic carbocycles. The molecule has 0 spiro atoms. The normalized spacial score (nSPS) is 20.3. The maximum atomic E-state index is 13.2. The van der Waals surface area contributed by atoms with Gasteiger partial charge >= 0.3 is 5.97 Å². The molecular weight excluding hydrogens is 436 g/mol. The number of ether oxygens (including phenoxy) is 3. The Kier molecular flexibility index (Phi) is 7.20. The minimum atomic E-state index is -1.11. The van der Waals surface area contributed by atoms with Crippen LogP contribution in [0, 0.1) is 5.92 Å². The van der Waals surface area contributed by atoms with E-state index in [2.05, 4.69) is 22.3 Å². The van der Waals surface area contributed by atoms with Crippen LogP contribution in [0.2, 0.25) is 0 Å². The molecule has 2 aromatic carbocycles. The van der Waals surface area contributed by atoms with Gasteiger partial charge in [-0.25, -0.2) is 4.99 Å². The molecule has 0 bridgehead atoms. The lowest BCUT2D eigenvalue weighted by Crippen LogP contribution is -2.57. The Morgan fingerprint density at radius 2 is 1.74 bits per heavy atom. The third-order valence-corrected chi connectivity index (χ3v) is 6.09. The van der Waals surface area contributed by atoms with Gasteiger partial charge in [-0.1, -0.05) is 18.2 Å². The number of carbonyl (C=O) groups excluding carboxylic acids is 2. The molecule has 2 unspecified atom stereocenters. The summed E-state index contributed by atoms with van der Waals surface area (Å²) in [6, 6.07) is 14.7. The number of rotatable bonds is 6. The Labute approximate surface area is 199 Å². The summed E-state index contributed by atoms with van der Waals surface area (Å²) in [4.78, 5) is 35.1. The highest BCUT2D eigenvalue weighted by Crippen LogP contribution is 2.38. The SMILES string of the molecule is CCOC(=O)C1C(=O)NC(N2CCN(c3ccccc3)CC2)=NC1c1ccc(OC)cc1OC. The number of amides is 1. The van der Waals surface area contributed by atoms with E-state index in [-0.39, 0.29) is 6.61 Å². The zero-order valence-corrected chi connectivity index (χ0v) is 19.7. The van der Waals surface area contributed by atoms with E-state index in [9.17, 15) is 9.59 Å². The summed E-state index contributed by atoms with van der Waals surface area (Å²) in [5.41, 5.74) is 1.79. The van der Waals surface area contributed by atoms with E-state index in [1.165, 1.54) is 12.8 Å². The van der Waals surface area contributed by atoms with Crippen LogP contribution >= 0.6 is 0 Å². The molecule has 2 atom stereocenters. The maximum Gasteiger partial charge on any atom is 0.321 e. The number of hydrogen-bond donors (Lipinski definition) is 1. The van der Waals surface area contributed by atoms with Crippen molar-refractivity contribution in [3.8, 4) is 11.5 Å². The van der Waals surface area contributed by atoms with Crippen LogP contribution in [0.1, 0.15) is 18.5 Å². The highest BCUT2D eigenvalue weighted by atomic mass is 16.5. The lowest BCUT2D eigenvalue weighted by Gasteiger charge is -2.39. The first-order valence-electron chi connectivity index (χ1n) is 11.4. The quantitative estimate of drug-likeness (QED) is 0.516. The Hall–Kier alpha value is -3.75. The van der Waals surface area contributed by atoms with Crippen molar-refractivity contribution in [2.24, 2.45) is 10.9 Å². The molecule has 2 aliphatic heterocycles. The average Bonchev–Trinajstić information content (AvgIpc) is 2.88. The number of anilines is 1. The van der Waals surface area contributed by atoms with Crippen molar-refractivity contribution in [2.45, 2.75) is 13.0 Å². The number of benzene rings is 2. The van der Waals surface area contributed by atoms with Gasteiger partial charge in [0.2, 0.25) is 11.9 Å². The summed E-state index contributed by atoms with van der Waals surface area (Å²) >= 11 is 0. The van der Waals surface area contributed by atoms with Crippen molar-refractivity contribution in [1.29, 1.82) is 0 Å². The maximum absolute atomic E-state index is 13.2. The van der Waals surface area contributed by atoms with Crippen molar-refractivity contribution < 1.29 is 23.8 Å². The molecule has 34 heavy (non-hydrogen) atoms. The molecular formula is C25H30N4O5. The van der Waals surface area contributed by atoms with Gasteiger partial charge in [-0.05, 0) is 31.2 Å². The monoisotopic (exact) mass is 466 g/mol. The van der Waals surface area contributed by atoms with Crippen LogP contribution in [0.4, 0.5) is 5.69 Å². The standard InChI is InChI=1S/C25H30N4O5/c1-4-34-24(31)21-22(19-11-10-18(32-2)16-20(19)33-3)26-25(27-23(21)30)29-14-12-28(13-15-29)17-8-6-5-7-9-17/h5-11,16,21-22H,4,12-15H2,1-3H3,(H,26,27,30). The molecule has 2 heterocycles. The largest absolute Gasteiger partial charge is 0.497 e. The van der Waals surface area contributed by atoms with Crippen LogP contribution in [0.25, 0.3) is 0 Å². The molecule has 9 heteroatoms. The molecule has 1 fully saturated rings. The summed E-state index contributed by atoms with van der Waals surface area (Å²) in [6.45, 7) is 4.83. The number of guanidine groups is 1. The number of hydrogen-bond acceptors (Lipinski definition) is 8. The third kappa shape index (κ3) is 4.78. The minimum Gasteiger partial charge on any atom is -0.497 e. The molecule has 1 N–H and O–H groups in total. The van der Waals surface area contributed by atoms with Gasteiger partial charge in [-0.15, -0.1) is 0 Å². The molecule has 2 aromatic rings. The first-order valence-corrected chi connectivity index (χ1v) is 11.4. The van der Waals surface area contributed by atoms with Gasteiger partial charge in [0.25, 0.3) is 0 Å². The van der Waals surface area contributed by atoms with Crippen LogP contribution in [-0.4, -0.2) is 69.7 Å². The summed E-state index contributed by atoms with van der Waals surface area (Å²) in [6.07, 6.45) is 0. The van der Waals surface area contributed by atoms with Gasteiger partial charge in [0, 0.05) is 43.5 Å². The number of aliphatic imine (C=N–C) groups is 1. The fourth-order valence-corrected chi connectivity index (χ4v) is 4.33. The molecule has 0 radical (unpaired) electrons. The van der Waals surface area contributed by atoms with E-state index in [0.717, 1.165) is 13.1 Å². The highest BCUT2D eigenvalue weighted by Gasteiger charge is 2.43. The lowest BCUT2D eigenvalue weighted by atomic mass is 9.90. The average molecular weight is 467 g/mol. The number of nitrogens with zero attached hydrogens (tertiary/aromatic N) is 3. The summed E-state index contributed by atoms with van der Waals surface area (Å²) < 4.78 is 16.1. The van der Waals surface area contributed by atoms with E-state index in [1.807, 2.05) is 23.1 Å². The molecule has 180 valence electrons. The Balaban J connectivity index is 1.63. The van der Waals surface area contributed by atoms with E-state index in [0.29, 0.717) is 36.1 Å². The van der Waals surface area contributed by atoms with Crippen LogP contribution in [0.5, 0.6) is 11.5 Å². The van der Waals surface area contributed by atoms with Crippen molar-refractivity contribution in [2.75, 3.05) is 51.9 Å². The minimum absolute atomic E-state index is 0.174. The van der Waals surface area contributed by atoms with Crippen LogP contribution in [-0.2, 0) is 14.3 Å². The van der Waals surface area contributed by atoms with Crippen LogP contribution in [0.3, 0.4) is 0 Å². The fraction of sp³-hybridized carbons (Fsp3) is 0.400. The Morgan fingerprint density at radius 3 is 2.38 bits per heavy atom. The van der Waals surface area contributed by atoms with E-state index in [4.69, 9.17) is 19.2 Å². The Morgan fingerprint density at radius 1 is 1.03 bits per heavy atom. The van der Waals surface area contributed by atoms with E-state index in [1.54, 1.807) is 32.2 Å². The number of carbonyl (C=O) groups is 2. The molecule has 1 saturated heterocycles. The molecule has 1 amide bonds. The number of esters is 1. The number of piperazine rings is 1. The van der Waals surface area contributed by atoms with Crippen molar-refractivity contribution >= 4 is 23.5 Å². The molecule has 0 aromatic heterocycles. The number of nitrogens with one attached hydrogen (secondary N) is 1. The Bertz CT molecular complexity index is 1050. The number of para-hydroxylation sites is 1. The smallest absolute Gasteiger partial charge is 0.321 e. The second-order valence-electron chi connectivity index (χ2n) is 8.03. The first-order chi connectivity index (χ1) is 16.5. The van der Waals surface area contributed by atoms with Crippen molar-refractivity contribution in [1.82, 2.24) is 10.2 Å². The van der Waals surface area contributed by atoms with E-state index < -0.39 is 23.8 Å². The van der Waals surface area contributed by atoms with E-state index >= 15 is 0 Å². The van der Waals surface area contributed by atoms with Crippen molar-refractivity contribution in [3.63, 3.8) is 0 Å². The number of methoxy groups -OCH3 is 2.